The number of nitrogens with zero attached hydrogens (tertiary/aromatic N) is 3. The molecule has 3 heterocycles. The van der Waals surface area contributed by atoms with Crippen LogP contribution in [0.25, 0.3) is 0 Å². The Hall–Kier alpha value is -2.15. The molecule has 7 nitrogen and oxygen atoms in total. The highest BCUT2D eigenvalue weighted by atomic mass is 16.2. The summed E-state index contributed by atoms with van der Waals surface area (Å²) in [5, 5.41) is 3.30. The number of nitrogens with one attached hydrogen (secondary N) is 1. The molecular formula is C21H30N4O3. The third-order valence-electron chi connectivity index (χ3n) is 6.55. The maximum atomic E-state index is 13.2. The predicted molar refractivity (Wildman–Crippen MR) is 106 cm³/mol. The number of hydrogen-bond acceptors (Lipinski definition) is 4. The zero-order valence-electron chi connectivity index (χ0n) is 16.7. The summed E-state index contributed by atoms with van der Waals surface area (Å²) in [6.07, 6.45) is 8.07. The molecule has 3 fully saturated rings. The van der Waals surface area contributed by atoms with Crippen LogP contribution in [0.4, 0.5) is 0 Å². The predicted octanol–water partition coefficient (Wildman–Crippen LogP) is 1.31. The molecule has 0 bridgehead atoms. The van der Waals surface area contributed by atoms with E-state index in [0.717, 1.165) is 38.8 Å². The number of pyridine rings is 1. The highest BCUT2D eigenvalue weighted by Crippen LogP contribution is 2.25. The monoisotopic (exact) mass is 386 g/mol. The molecule has 0 unspecified atom stereocenters. The van der Waals surface area contributed by atoms with Crippen LogP contribution in [-0.2, 0) is 4.79 Å². The van der Waals surface area contributed by atoms with Crippen molar-refractivity contribution >= 4 is 11.8 Å². The van der Waals surface area contributed by atoms with Gasteiger partial charge in [0.1, 0.15) is 12.1 Å². The molecule has 0 spiro atoms. The van der Waals surface area contributed by atoms with Gasteiger partial charge < -0.3 is 19.7 Å². The largest absolute Gasteiger partial charge is 0.336 e. The second-order valence-corrected chi connectivity index (χ2v) is 8.32. The van der Waals surface area contributed by atoms with E-state index in [-0.39, 0.29) is 35.5 Å². The lowest BCUT2D eigenvalue weighted by atomic mass is 10.0. The molecule has 1 aliphatic carbocycles. The number of rotatable bonds is 3. The summed E-state index contributed by atoms with van der Waals surface area (Å²) in [4.78, 5) is 42.5. The van der Waals surface area contributed by atoms with Crippen LogP contribution in [0.5, 0.6) is 0 Å². The molecule has 1 saturated carbocycles. The molecule has 28 heavy (non-hydrogen) atoms. The Balaban J connectivity index is 1.53. The van der Waals surface area contributed by atoms with E-state index in [9.17, 15) is 14.4 Å². The van der Waals surface area contributed by atoms with Crippen molar-refractivity contribution in [3.63, 3.8) is 0 Å². The summed E-state index contributed by atoms with van der Waals surface area (Å²) in [6.45, 7) is 4.72. The van der Waals surface area contributed by atoms with Crippen LogP contribution >= 0.6 is 0 Å². The van der Waals surface area contributed by atoms with Crippen LogP contribution in [0.15, 0.2) is 17.1 Å². The van der Waals surface area contributed by atoms with E-state index >= 15 is 0 Å². The quantitative estimate of drug-likeness (QED) is 0.850. The van der Waals surface area contributed by atoms with E-state index in [4.69, 9.17) is 0 Å². The number of piperazine rings is 1. The van der Waals surface area contributed by atoms with Crippen LogP contribution in [0.1, 0.15) is 60.5 Å². The van der Waals surface area contributed by atoms with Gasteiger partial charge in [-0.15, -0.1) is 0 Å². The van der Waals surface area contributed by atoms with Crippen LogP contribution in [0.3, 0.4) is 0 Å². The molecule has 0 aromatic carbocycles. The van der Waals surface area contributed by atoms with Gasteiger partial charge in [-0.05, 0) is 57.3 Å². The zero-order valence-corrected chi connectivity index (χ0v) is 16.7. The molecule has 152 valence electrons. The summed E-state index contributed by atoms with van der Waals surface area (Å²) in [7, 11) is 0. The van der Waals surface area contributed by atoms with Gasteiger partial charge in [-0.3, -0.25) is 14.4 Å². The van der Waals surface area contributed by atoms with E-state index in [1.165, 1.54) is 12.8 Å². The summed E-state index contributed by atoms with van der Waals surface area (Å²) in [5.74, 6) is -0.288. The summed E-state index contributed by atoms with van der Waals surface area (Å²) < 4.78 is 1.72. The Morgan fingerprint density at radius 2 is 1.75 bits per heavy atom. The fraction of sp³-hybridized carbons (Fsp3) is 0.667. The highest BCUT2D eigenvalue weighted by molar-refractivity contribution is 5.98. The number of piperidine rings is 1. The van der Waals surface area contributed by atoms with Crippen molar-refractivity contribution in [1.82, 2.24) is 19.7 Å². The Bertz CT molecular complexity index is 806. The Morgan fingerprint density at radius 1 is 1.04 bits per heavy atom. The van der Waals surface area contributed by atoms with Gasteiger partial charge in [0, 0.05) is 31.4 Å². The highest BCUT2D eigenvalue weighted by Gasteiger charge is 2.34. The molecule has 1 N–H and O–H groups in total. The minimum absolute atomic E-state index is 0.0127. The molecular weight excluding hydrogens is 356 g/mol. The fourth-order valence-electron chi connectivity index (χ4n) is 4.89. The van der Waals surface area contributed by atoms with E-state index in [0.29, 0.717) is 24.7 Å². The first-order chi connectivity index (χ1) is 13.6. The van der Waals surface area contributed by atoms with Crippen molar-refractivity contribution in [1.29, 1.82) is 0 Å². The first-order valence-electron chi connectivity index (χ1n) is 10.6. The van der Waals surface area contributed by atoms with Crippen molar-refractivity contribution in [3.05, 3.63) is 33.7 Å². The zero-order chi connectivity index (χ0) is 19.7. The van der Waals surface area contributed by atoms with Gasteiger partial charge in [0.15, 0.2) is 0 Å². The van der Waals surface area contributed by atoms with Crippen molar-refractivity contribution in [2.75, 3.05) is 32.7 Å². The lowest BCUT2D eigenvalue weighted by Crippen LogP contribution is -2.55. The van der Waals surface area contributed by atoms with Gasteiger partial charge >= 0.3 is 0 Å². The Morgan fingerprint density at radius 3 is 2.43 bits per heavy atom. The number of carbonyl (C=O) groups is 2. The van der Waals surface area contributed by atoms with Gasteiger partial charge in [0.05, 0.1) is 0 Å². The number of hydrogen-bond donors (Lipinski definition) is 1. The first-order valence-corrected chi connectivity index (χ1v) is 10.6. The summed E-state index contributed by atoms with van der Waals surface area (Å²) in [5.41, 5.74) is 0.691. The molecule has 2 saturated heterocycles. The third-order valence-corrected chi connectivity index (χ3v) is 6.55. The van der Waals surface area contributed by atoms with Gasteiger partial charge in [0.2, 0.25) is 5.91 Å². The van der Waals surface area contributed by atoms with Crippen LogP contribution in [0, 0.1) is 6.92 Å². The lowest BCUT2D eigenvalue weighted by molar-refractivity contribution is -0.137. The van der Waals surface area contributed by atoms with Crippen LogP contribution < -0.4 is 10.9 Å². The minimum atomic E-state index is -0.301. The normalized spacial score (nSPS) is 22.1. The van der Waals surface area contributed by atoms with E-state index in [2.05, 4.69) is 5.32 Å². The molecule has 0 atom stereocenters. The Labute approximate surface area is 165 Å². The fourth-order valence-corrected chi connectivity index (χ4v) is 4.89. The van der Waals surface area contributed by atoms with E-state index in [1.807, 2.05) is 17.2 Å². The van der Waals surface area contributed by atoms with Crippen molar-refractivity contribution in [2.45, 2.75) is 57.5 Å². The third kappa shape index (κ3) is 3.60. The van der Waals surface area contributed by atoms with Crippen molar-refractivity contribution < 1.29 is 9.59 Å². The Kier molecular flexibility index (Phi) is 5.53. The van der Waals surface area contributed by atoms with E-state index in [1.54, 1.807) is 16.4 Å². The van der Waals surface area contributed by atoms with Crippen LogP contribution in [-0.4, -0.2) is 64.9 Å². The van der Waals surface area contributed by atoms with Gasteiger partial charge in [-0.1, -0.05) is 12.8 Å². The van der Waals surface area contributed by atoms with Crippen LogP contribution in [0.2, 0.25) is 0 Å². The molecule has 0 radical (unpaired) electrons. The molecule has 3 aliphatic rings. The summed E-state index contributed by atoms with van der Waals surface area (Å²) >= 11 is 0. The number of aromatic nitrogens is 1. The number of amides is 2. The maximum absolute atomic E-state index is 13.2. The average Bonchev–Trinajstić information content (AvgIpc) is 3.23. The molecule has 1 aromatic rings. The molecule has 2 amide bonds. The SMILES string of the molecule is Cc1ccn(C2CCNCC2)c(=O)c1C(=O)N1CCN(C2CCCC2)C(=O)C1. The van der Waals surface area contributed by atoms with E-state index < -0.39 is 0 Å². The molecule has 2 aliphatic heterocycles. The van der Waals surface area contributed by atoms with Crippen molar-refractivity contribution in [2.24, 2.45) is 0 Å². The smallest absolute Gasteiger partial charge is 0.263 e. The number of carbonyl (C=O) groups excluding carboxylic acids is 2. The molecule has 7 heteroatoms. The minimum Gasteiger partial charge on any atom is -0.336 e. The van der Waals surface area contributed by atoms with Gasteiger partial charge in [-0.25, -0.2) is 0 Å². The maximum Gasteiger partial charge on any atom is 0.263 e. The number of aryl methyl sites for hydroxylation is 1. The lowest BCUT2D eigenvalue weighted by Gasteiger charge is -2.38. The second kappa shape index (κ2) is 8.07. The van der Waals surface area contributed by atoms with Crippen molar-refractivity contribution in [3.8, 4) is 0 Å². The van der Waals surface area contributed by atoms with Gasteiger partial charge in [-0.2, -0.15) is 0 Å². The summed E-state index contributed by atoms with van der Waals surface area (Å²) in [6, 6.07) is 2.31. The topological polar surface area (TPSA) is 74.7 Å². The first kappa shape index (κ1) is 19.2. The standard InChI is InChI=1S/C21H30N4O3/c1-15-8-11-25(17-6-9-22-10-7-17)21(28)19(15)20(27)23-12-13-24(18(26)14-23)16-4-2-3-5-16/h8,11,16-17,22H,2-7,9-10,12-14H2,1H3. The molecule has 4 rings (SSSR count). The van der Waals surface area contributed by atoms with Gasteiger partial charge in [0.25, 0.3) is 11.5 Å². The average molecular weight is 386 g/mol. The second-order valence-electron chi connectivity index (χ2n) is 8.32. The molecule has 1 aromatic heterocycles.